The van der Waals surface area contributed by atoms with Crippen LogP contribution in [0.2, 0.25) is 0 Å². The molecule has 4 rings (SSSR count). The first-order valence-electron chi connectivity index (χ1n) is 10.7. The lowest BCUT2D eigenvalue weighted by Gasteiger charge is -2.40. The second-order valence-corrected chi connectivity index (χ2v) is 8.10. The van der Waals surface area contributed by atoms with Crippen molar-refractivity contribution in [2.24, 2.45) is 0 Å². The number of hydrogen-bond donors (Lipinski definition) is 1. The fourth-order valence-corrected chi connectivity index (χ4v) is 3.99. The molecular weight excluding hydrogens is 423 g/mol. The summed E-state index contributed by atoms with van der Waals surface area (Å²) in [5.41, 5.74) is 0.928. The van der Waals surface area contributed by atoms with E-state index in [0.717, 1.165) is 5.56 Å². The van der Waals surface area contributed by atoms with Crippen molar-refractivity contribution >= 4 is 17.5 Å². The maximum Gasteiger partial charge on any atom is 0.263 e. The highest BCUT2D eigenvalue weighted by molar-refractivity contribution is 5.94. The number of rotatable bonds is 5. The summed E-state index contributed by atoms with van der Waals surface area (Å²) in [5, 5.41) is 2.62. The third-order valence-electron chi connectivity index (χ3n) is 5.72. The molecule has 2 heterocycles. The van der Waals surface area contributed by atoms with Crippen LogP contribution in [0, 0.1) is 5.82 Å². The molecule has 1 N–H and O–H groups in total. The van der Waals surface area contributed by atoms with E-state index in [1.807, 2.05) is 37.4 Å². The standard InChI is InChI=1S/C25H25FN4O3/c1-28-14-15-30(22(16-28)18-6-3-2-4-7-18)25(33)21-8-5-13-29(24(21)32)17-23(31)27-20-11-9-19(26)10-12-20/h2-13,22H,14-17H2,1H3,(H,27,31). The second kappa shape index (κ2) is 9.79. The van der Waals surface area contributed by atoms with Crippen molar-refractivity contribution in [3.8, 4) is 0 Å². The molecule has 1 atom stereocenters. The number of piperazine rings is 1. The quantitative estimate of drug-likeness (QED) is 0.652. The predicted molar refractivity (Wildman–Crippen MR) is 123 cm³/mol. The third-order valence-corrected chi connectivity index (χ3v) is 5.72. The smallest absolute Gasteiger partial charge is 0.263 e. The first-order valence-corrected chi connectivity index (χ1v) is 10.7. The molecule has 3 aromatic rings. The number of pyridine rings is 1. The van der Waals surface area contributed by atoms with Gasteiger partial charge in [0.25, 0.3) is 11.5 Å². The Morgan fingerprint density at radius 2 is 1.73 bits per heavy atom. The van der Waals surface area contributed by atoms with Crippen LogP contribution in [0.15, 0.2) is 77.7 Å². The molecule has 33 heavy (non-hydrogen) atoms. The van der Waals surface area contributed by atoms with Crippen LogP contribution in [-0.4, -0.2) is 52.9 Å². The van der Waals surface area contributed by atoms with Gasteiger partial charge in [-0.2, -0.15) is 0 Å². The minimum absolute atomic E-state index is 0.0255. The zero-order valence-corrected chi connectivity index (χ0v) is 18.3. The average Bonchev–Trinajstić information content (AvgIpc) is 2.82. The van der Waals surface area contributed by atoms with Gasteiger partial charge in [0.1, 0.15) is 17.9 Å². The van der Waals surface area contributed by atoms with Gasteiger partial charge in [-0.1, -0.05) is 30.3 Å². The first kappa shape index (κ1) is 22.4. The Bertz CT molecular complexity index is 1190. The molecule has 1 saturated heterocycles. The lowest BCUT2D eigenvalue weighted by Crippen LogP contribution is -2.50. The Hall–Kier alpha value is -3.78. The Morgan fingerprint density at radius 1 is 1.00 bits per heavy atom. The van der Waals surface area contributed by atoms with E-state index in [0.29, 0.717) is 25.3 Å². The maximum atomic E-state index is 13.4. The van der Waals surface area contributed by atoms with Gasteiger partial charge in [0.15, 0.2) is 0 Å². The number of carbonyl (C=O) groups excluding carboxylic acids is 2. The number of likely N-dealkylation sites (N-methyl/N-ethyl adjacent to an activating group) is 1. The van der Waals surface area contributed by atoms with E-state index in [1.54, 1.807) is 11.0 Å². The number of anilines is 1. The highest BCUT2D eigenvalue weighted by atomic mass is 19.1. The number of benzene rings is 2. The average molecular weight is 448 g/mol. The van der Waals surface area contributed by atoms with Crippen LogP contribution >= 0.6 is 0 Å². The molecule has 1 fully saturated rings. The summed E-state index contributed by atoms with van der Waals surface area (Å²) in [5.74, 6) is -1.21. The highest BCUT2D eigenvalue weighted by Gasteiger charge is 2.32. The highest BCUT2D eigenvalue weighted by Crippen LogP contribution is 2.26. The van der Waals surface area contributed by atoms with E-state index < -0.39 is 17.3 Å². The van der Waals surface area contributed by atoms with E-state index in [-0.39, 0.29) is 24.1 Å². The van der Waals surface area contributed by atoms with Crippen LogP contribution in [0.25, 0.3) is 0 Å². The summed E-state index contributed by atoms with van der Waals surface area (Å²) < 4.78 is 14.3. The summed E-state index contributed by atoms with van der Waals surface area (Å²) in [4.78, 5) is 42.8. The number of nitrogens with zero attached hydrogens (tertiary/aromatic N) is 3. The molecule has 2 amide bonds. The molecule has 7 nitrogen and oxygen atoms in total. The molecule has 170 valence electrons. The molecule has 1 aliphatic heterocycles. The predicted octanol–water partition coefficient (Wildman–Crippen LogP) is 2.76. The lowest BCUT2D eigenvalue weighted by atomic mass is 10.0. The van der Waals surface area contributed by atoms with Gasteiger partial charge in [0, 0.05) is 31.5 Å². The number of carbonyl (C=O) groups is 2. The van der Waals surface area contributed by atoms with E-state index in [4.69, 9.17) is 0 Å². The Morgan fingerprint density at radius 3 is 2.45 bits per heavy atom. The largest absolute Gasteiger partial charge is 0.329 e. The molecular formula is C25H25FN4O3. The van der Waals surface area contributed by atoms with Crippen molar-refractivity contribution in [3.05, 3.63) is 100 Å². The third kappa shape index (κ3) is 5.18. The molecule has 1 aromatic heterocycles. The van der Waals surface area contributed by atoms with Gasteiger partial charge in [-0.05, 0) is 49.0 Å². The minimum Gasteiger partial charge on any atom is -0.329 e. The SMILES string of the molecule is CN1CCN(C(=O)c2cccn(CC(=O)Nc3ccc(F)cc3)c2=O)C(c2ccccc2)C1. The van der Waals surface area contributed by atoms with Gasteiger partial charge in [-0.3, -0.25) is 14.4 Å². The number of nitrogens with one attached hydrogen (secondary N) is 1. The fraction of sp³-hybridized carbons (Fsp3) is 0.240. The summed E-state index contributed by atoms with van der Waals surface area (Å²) in [6.45, 7) is 1.60. The van der Waals surface area contributed by atoms with Crippen molar-refractivity contribution in [1.82, 2.24) is 14.4 Å². The van der Waals surface area contributed by atoms with Gasteiger partial charge in [-0.15, -0.1) is 0 Å². The fourth-order valence-electron chi connectivity index (χ4n) is 3.99. The van der Waals surface area contributed by atoms with Crippen molar-refractivity contribution in [1.29, 1.82) is 0 Å². The number of amides is 2. The van der Waals surface area contributed by atoms with Crippen molar-refractivity contribution < 1.29 is 14.0 Å². The normalized spacial score (nSPS) is 16.4. The molecule has 1 unspecified atom stereocenters. The number of halogens is 1. The summed E-state index contributed by atoms with van der Waals surface area (Å²) in [7, 11) is 2.01. The molecule has 0 radical (unpaired) electrons. The molecule has 0 saturated carbocycles. The van der Waals surface area contributed by atoms with Crippen molar-refractivity contribution in [2.75, 3.05) is 32.0 Å². The minimum atomic E-state index is -0.525. The van der Waals surface area contributed by atoms with E-state index in [9.17, 15) is 18.8 Å². The van der Waals surface area contributed by atoms with Gasteiger partial charge in [-0.25, -0.2) is 4.39 Å². The van der Waals surface area contributed by atoms with Crippen LogP contribution in [0.3, 0.4) is 0 Å². The Balaban J connectivity index is 1.54. The number of aromatic nitrogens is 1. The van der Waals surface area contributed by atoms with Crippen LogP contribution in [-0.2, 0) is 11.3 Å². The molecule has 2 aromatic carbocycles. The van der Waals surface area contributed by atoms with Gasteiger partial charge in [0.2, 0.25) is 5.91 Å². The molecule has 8 heteroatoms. The molecule has 0 aliphatic carbocycles. The first-order chi connectivity index (χ1) is 15.9. The van der Waals surface area contributed by atoms with Gasteiger partial charge >= 0.3 is 0 Å². The Kier molecular flexibility index (Phi) is 6.65. The van der Waals surface area contributed by atoms with E-state index in [1.165, 1.54) is 41.1 Å². The van der Waals surface area contributed by atoms with Gasteiger partial charge < -0.3 is 19.7 Å². The zero-order valence-electron chi connectivity index (χ0n) is 18.3. The summed E-state index contributed by atoms with van der Waals surface area (Å²) in [6, 6.07) is 18.0. The second-order valence-electron chi connectivity index (χ2n) is 8.10. The lowest BCUT2D eigenvalue weighted by molar-refractivity contribution is -0.116. The van der Waals surface area contributed by atoms with Crippen LogP contribution in [0.5, 0.6) is 0 Å². The molecule has 0 bridgehead atoms. The number of hydrogen-bond acceptors (Lipinski definition) is 4. The van der Waals surface area contributed by atoms with Crippen molar-refractivity contribution in [2.45, 2.75) is 12.6 Å². The van der Waals surface area contributed by atoms with Crippen LogP contribution in [0.4, 0.5) is 10.1 Å². The molecule has 0 spiro atoms. The van der Waals surface area contributed by atoms with E-state index in [2.05, 4.69) is 10.2 Å². The van der Waals surface area contributed by atoms with Crippen molar-refractivity contribution in [3.63, 3.8) is 0 Å². The topological polar surface area (TPSA) is 74.7 Å². The molecule has 1 aliphatic rings. The zero-order chi connectivity index (χ0) is 23.4. The van der Waals surface area contributed by atoms with E-state index >= 15 is 0 Å². The van der Waals surface area contributed by atoms with Crippen LogP contribution in [0.1, 0.15) is 22.0 Å². The summed E-state index contributed by atoms with van der Waals surface area (Å²) in [6.07, 6.45) is 1.47. The Labute approximate surface area is 191 Å². The maximum absolute atomic E-state index is 13.4. The van der Waals surface area contributed by atoms with Crippen LogP contribution < -0.4 is 10.9 Å². The van der Waals surface area contributed by atoms with Gasteiger partial charge in [0.05, 0.1) is 6.04 Å². The monoisotopic (exact) mass is 448 g/mol. The summed E-state index contributed by atoms with van der Waals surface area (Å²) >= 11 is 0.